The molecule has 0 bridgehead atoms. The van der Waals surface area contributed by atoms with Gasteiger partial charge in [-0.15, -0.1) is 0 Å². The number of hydrogen-bond donors (Lipinski definition) is 1. The van der Waals surface area contributed by atoms with Crippen molar-refractivity contribution in [1.82, 2.24) is 0 Å². The maximum absolute atomic E-state index is 13.4. The van der Waals surface area contributed by atoms with Gasteiger partial charge < -0.3 is 9.84 Å². The maximum Gasteiger partial charge on any atom is 0.272 e. The molecule has 0 radical (unpaired) electrons. The van der Waals surface area contributed by atoms with E-state index in [9.17, 15) is 19.6 Å². The van der Waals surface area contributed by atoms with Crippen LogP contribution in [0.15, 0.2) is 18.2 Å². The second kappa shape index (κ2) is 5.58. The van der Waals surface area contributed by atoms with Gasteiger partial charge >= 0.3 is 0 Å². The number of hydrogen-bond acceptors (Lipinski definition) is 4. The molecule has 1 unspecified atom stereocenters. The Kier molecular flexibility index (Phi) is 4.39. The van der Waals surface area contributed by atoms with Crippen LogP contribution in [0.25, 0.3) is 0 Å². The smallest absolute Gasteiger partial charge is 0.272 e. The van der Waals surface area contributed by atoms with E-state index in [1.807, 2.05) is 0 Å². The Balaban J connectivity index is 2.70. The molecule has 1 N–H and O–H groups in total. The lowest BCUT2D eigenvalue weighted by molar-refractivity contribution is -0.385. The van der Waals surface area contributed by atoms with Gasteiger partial charge in [0.1, 0.15) is 6.61 Å². The monoisotopic (exact) mass is 243 g/mol. The third kappa shape index (κ3) is 3.67. The van der Waals surface area contributed by atoms with Crippen LogP contribution in [0.2, 0.25) is 0 Å². The van der Waals surface area contributed by atoms with Crippen molar-refractivity contribution in [2.24, 2.45) is 5.92 Å². The molecule has 1 rings (SSSR count). The van der Waals surface area contributed by atoms with Crippen molar-refractivity contribution in [3.05, 3.63) is 34.1 Å². The highest BCUT2D eigenvalue weighted by Crippen LogP contribution is 2.22. The third-order valence-corrected chi connectivity index (χ3v) is 2.31. The van der Waals surface area contributed by atoms with E-state index in [4.69, 9.17) is 4.74 Å². The minimum absolute atomic E-state index is 0.00360. The first kappa shape index (κ1) is 13.4. The summed E-state index contributed by atoms with van der Waals surface area (Å²) in [7, 11) is 0. The van der Waals surface area contributed by atoms with Crippen LogP contribution in [0.4, 0.5) is 10.1 Å². The number of nitro groups is 1. The van der Waals surface area contributed by atoms with E-state index in [2.05, 4.69) is 0 Å². The van der Waals surface area contributed by atoms with Gasteiger partial charge in [-0.3, -0.25) is 10.1 Å². The van der Waals surface area contributed by atoms with Gasteiger partial charge in [0, 0.05) is 6.07 Å². The fourth-order valence-corrected chi connectivity index (χ4v) is 1.09. The van der Waals surface area contributed by atoms with Crippen LogP contribution in [0.1, 0.15) is 13.8 Å². The zero-order chi connectivity index (χ0) is 13.0. The van der Waals surface area contributed by atoms with Gasteiger partial charge in [-0.25, -0.2) is 4.39 Å². The summed E-state index contributed by atoms with van der Waals surface area (Å²) in [6.45, 7) is 3.56. The number of halogens is 1. The van der Waals surface area contributed by atoms with Gasteiger partial charge in [-0.1, -0.05) is 13.8 Å². The van der Waals surface area contributed by atoms with Crippen molar-refractivity contribution in [1.29, 1.82) is 0 Å². The van der Waals surface area contributed by atoms with Gasteiger partial charge in [0.25, 0.3) is 5.69 Å². The molecule has 1 atom stereocenters. The quantitative estimate of drug-likeness (QED) is 0.635. The van der Waals surface area contributed by atoms with E-state index in [0.29, 0.717) is 0 Å². The largest absolute Gasteiger partial charge is 0.488 e. The number of nitrogens with zero attached hydrogens (tertiary/aromatic N) is 1. The van der Waals surface area contributed by atoms with Crippen molar-refractivity contribution in [3.8, 4) is 5.75 Å². The summed E-state index contributed by atoms with van der Waals surface area (Å²) in [6.07, 6.45) is -0.704. The summed E-state index contributed by atoms with van der Waals surface area (Å²) in [5.41, 5.74) is -0.334. The zero-order valence-electron chi connectivity index (χ0n) is 9.59. The Morgan fingerprint density at radius 3 is 2.65 bits per heavy atom. The van der Waals surface area contributed by atoms with E-state index in [0.717, 1.165) is 12.1 Å². The maximum atomic E-state index is 13.4. The molecule has 1 aromatic carbocycles. The highest BCUT2D eigenvalue weighted by Gasteiger charge is 2.14. The Morgan fingerprint density at radius 1 is 1.53 bits per heavy atom. The molecule has 94 valence electrons. The van der Waals surface area contributed by atoms with Crippen molar-refractivity contribution in [3.63, 3.8) is 0 Å². The van der Waals surface area contributed by atoms with Crippen molar-refractivity contribution < 1.29 is 19.2 Å². The average molecular weight is 243 g/mol. The molecular formula is C11H14FNO4. The molecule has 0 saturated heterocycles. The van der Waals surface area contributed by atoms with E-state index in [-0.39, 0.29) is 24.0 Å². The number of aliphatic hydroxyl groups excluding tert-OH is 1. The molecule has 0 aliphatic carbocycles. The first-order chi connectivity index (χ1) is 7.91. The number of aliphatic hydroxyl groups is 1. The molecule has 0 saturated carbocycles. The van der Waals surface area contributed by atoms with Crippen molar-refractivity contribution >= 4 is 5.69 Å². The normalized spacial score (nSPS) is 12.5. The van der Waals surface area contributed by atoms with Crippen molar-refractivity contribution in [2.75, 3.05) is 6.61 Å². The van der Waals surface area contributed by atoms with Crippen LogP contribution in [0.3, 0.4) is 0 Å². The molecule has 0 aromatic heterocycles. The van der Waals surface area contributed by atoms with Gasteiger partial charge in [0.05, 0.1) is 17.1 Å². The molecule has 0 fully saturated rings. The average Bonchev–Trinajstić information content (AvgIpc) is 2.26. The van der Waals surface area contributed by atoms with Crippen LogP contribution >= 0.6 is 0 Å². The van der Waals surface area contributed by atoms with Crippen LogP contribution in [-0.4, -0.2) is 22.7 Å². The van der Waals surface area contributed by atoms with Gasteiger partial charge in [0.2, 0.25) is 0 Å². The molecule has 17 heavy (non-hydrogen) atoms. The lowest BCUT2D eigenvalue weighted by Crippen LogP contribution is -2.23. The van der Waals surface area contributed by atoms with Gasteiger partial charge in [-0.2, -0.15) is 0 Å². The highest BCUT2D eigenvalue weighted by molar-refractivity contribution is 5.37. The van der Waals surface area contributed by atoms with E-state index >= 15 is 0 Å². The summed E-state index contributed by atoms with van der Waals surface area (Å²) in [5, 5.41) is 19.8. The summed E-state index contributed by atoms with van der Waals surface area (Å²) < 4.78 is 18.4. The SMILES string of the molecule is CC(C)C(O)COc1ccc([N+](=O)[O-])cc1F. The molecule has 0 aliphatic rings. The predicted molar refractivity (Wildman–Crippen MR) is 59.4 cm³/mol. The molecule has 5 nitrogen and oxygen atoms in total. The number of nitro benzene ring substituents is 1. The fourth-order valence-electron chi connectivity index (χ4n) is 1.09. The number of benzene rings is 1. The van der Waals surface area contributed by atoms with E-state index < -0.39 is 16.8 Å². The molecule has 0 spiro atoms. The summed E-state index contributed by atoms with van der Waals surface area (Å²) in [5.74, 6) is -0.915. The Bertz CT molecular complexity index is 408. The lowest BCUT2D eigenvalue weighted by Gasteiger charge is -2.15. The number of non-ortho nitro benzene ring substituents is 1. The Labute approximate surface area is 98.0 Å². The molecular weight excluding hydrogens is 229 g/mol. The minimum Gasteiger partial charge on any atom is -0.488 e. The number of rotatable bonds is 5. The third-order valence-electron chi connectivity index (χ3n) is 2.31. The summed E-state index contributed by atoms with van der Waals surface area (Å²) in [6, 6.07) is 3.12. The highest BCUT2D eigenvalue weighted by atomic mass is 19.1. The van der Waals surface area contributed by atoms with Crippen LogP contribution in [0.5, 0.6) is 5.75 Å². The van der Waals surface area contributed by atoms with E-state index in [1.54, 1.807) is 13.8 Å². The standard InChI is InChI=1S/C11H14FNO4/c1-7(2)10(14)6-17-11-4-3-8(13(15)16)5-9(11)12/h3-5,7,10,14H,6H2,1-2H3. The Hall–Kier alpha value is -1.69. The lowest BCUT2D eigenvalue weighted by atomic mass is 10.1. The predicted octanol–water partition coefficient (Wildman–Crippen LogP) is 2.13. The second-order valence-corrected chi connectivity index (χ2v) is 3.99. The number of ether oxygens (including phenoxy) is 1. The molecule has 1 aromatic rings. The molecule has 0 heterocycles. The molecule has 6 heteroatoms. The van der Waals surface area contributed by atoms with Crippen molar-refractivity contribution in [2.45, 2.75) is 20.0 Å². The minimum atomic E-state index is -0.810. The first-order valence-corrected chi connectivity index (χ1v) is 5.16. The van der Waals surface area contributed by atoms with Gasteiger partial charge in [0.15, 0.2) is 11.6 Å². The fraction of sp³-hybridized carbons (Fsp3) is 0.455. The van der Waals surface area contributed by atoms with E-state index in [1.165, 1.54) is 6.07 Å². The second-order valence-electron chi connectivity index (χ2n) is 3.99. The van der Waals surface area contributed by atoms with Gasteiger partial charge in [-0.05, 0) is 12.0 Å². The Morgan fingerprint density at radius 2 is 2.18 bits per heavy atom. The van der Waals surface area contributed by atoms with Crippen LogP contribution in [0, 0.1) is 21.8 Å². The molecule has 0 aliphatic heterocycles. The van der Waals surface area contributed by atoms with Crippen LogP contribution in [-0.2, 0) is 0 Å². The first-order valence-electron chi connectivity index (χ1n) is 5.16. The topological polar surface area (TPSA) is 72.6 Å². The van der Waals surface area contributed by atoms with Crippen LogP contribution < -0.4 is 4.74 Å². The molecule has 0 amide bonds. The zero-order valence-corrected chi connectivity index (χ0v) is 9.59. The summed E-state index contributed by atoms with van der Waals surface area (Å²) in [4.78, 5) is 9.69. The summed E-state index contributed by atoms with van der Waals surface area (Å²) >= 11 is 0.